The van der Waals surface area contributed by atoms with Crippen molar-refractivity contribution in [2.24, 2.45) is 0 Å². The van der Waals surface area contributed by atoms with E-state index >= 15 is 0 Å². The van der Waals surface area contributed by atoms with Crippen molar-refractivity contribution in [1.82, 2.24) is 4.90 Å². The van der Waals surface area contributed by atoms with Gasteiger partial charge in [-0.3, -0.25) is 14.9 Å². The summed E-state index contributed by atoms with van der Waals surface area (Å²) >= 11 is 1.83. The second kappa shape index (κ2) is 6.13. The van der Waals surface area contributed by atoms with Gasteiger partial charge in [0.1, 0.15) is 0 Å². The van der Waals surface area contributed by atoms with Crippen molar-refractivity contribution in [3.63, 3.8) is 0 Å². The number of non-ortho nitro benzene ring substituents is 1. The highest BCUT2D eigenvalue weighted by Crippen LogP contribution is 2.25. The molecule has 1 fully saturated rings. The van der Waals surface area contributed by atoms with Crippen molar-refractivity contribution in [1.29, 1.82) is 0 Å². The number of amides is 1. The van der Waals surface area contributed by atoms with E-state index in [0.717, 1.165) is 5.75 Å². The number of carbonyl (C=O) groups is 1. The maximum absolute atomic E-state index is 12.6. The summed E-state index contributed by atoms with van der Waals surface area (Å²) < 4.78 is 0. The summed E-state index contributed by atoms with van der Waals surface area (Å²) in [7, 11) is 1.70. The van der Waals surface area contributed by atoms with E-state index in [1.54, 1.807) is 18.0 Å². The first kappa shape index (κ1) is 14.6. The molecule has 1 unspecified atom stereocenters. The number of hydrogen-bond donors (Lipinski definition) is 1. The van der Waals surface area contributed by atoms with Gasteiger partial charge in [-0.1, -0.05) is 6.92 Å². The zero-order valence-electron chi connectivity index (χ0n) is 11.5. The molecule has 20 heavy (non-hydrogen) atoms. The Hall–Kier alpha value is -1.76. The zero-order valence-corrected chi connectivity index (χ0v) is 12.3. The number of nitro groups is 1. The monoisotopic (exact) mass is 295 g/mol. The molecule has 0 spiro atoms. The summed E-state index contributed by atoms with van der Waals surface area (Å²) in [5.74, 6) is 0.752. The highest BCUT2D eigenvalue weighted by Gasteiger charge is 2.25. The molecule has 1 heterocycles. The number of rotatable bonds is 3. The Bertz CT molecular complexity index is 536. The molecule has 0 aromatic heterocycles. The minimum atomic E-state index is -0.481. The van der Waals surface area contributed by atoms with E-state index in [9.17, 15) is 14.9 Å². The average Bonchev–Trinajstić information content (AvgIpc) is 2.45. The van der Waals surface area contributed by atoms with Crippen LogP contribution in [0.25, 0.3) is 0 Å². The SMILES string of the molecule is CNc1ccc([N+](=O)[O-])cc1C(=O)N1CCSC(C)C1. The van der Waals surface area contributed by atoms with Gasteiger partial charge in [0.05, 0.1) is 10.5 Å². The first-order valence-electron chi connectivity index (χ1n) is 6.40. The van der Waals surface area contributed by atoms with Crippen LogP contribution < -0.4 is 5.32 Å². The standard InChI is InChI=1S/C13H17N3O3S/c1-9-8-15(5-6-20-9)13(17)11-7-10(16(18)19)3-4-12(11)14-2/h3-4,7,9,14H,5-6,8H2,1-2H3. The van der Waals surface area contributed by atoms with Crippen molar-refractivity contribution in [3.8, 4) is 0 Å². The Morgan fingerprint density at radius 2 is 2.30 bits per heavy atom. The van der Waals surface area contributed by atoms with Gasteiger partial charge in [-0.2, -0.15) is 11.8 Å². The third-order valence-corrected chi connectivity index (χ3v) is 4.38. The summed E-state index contributed by atoms with van der Waals surface area (Å²) in [5, 5.41) is 14.2. The lowest BCUT2D eigenvalue weighted by Crippen LogP contribution is -2.41. The van der Waals surface area contributed by atoms with Crippen LogP contribution in [0.5, 0.6) is 0 Å². The molecule has 0 saturated carbocycles. The normalized spacial score (nSPS) is 18.7. The van der Waals surface area contributed by atoms with E-state index in [0.29, 0.717) is 29.6 Å². The minimum Gasteiger partial charge on any atom is -0.387 e. The molecule has 0 bridgehead atoms. The van der Waals surface area contributed by atoms with Gasteiger partial charge in [0, 0.05) is 49.0 Å². The molecule has 1 N–H and O–H groups in total. The van der Waals surface area contributed by atoms with Gasteiger partial charge >= 0.3 is 0 Å². The smallest absolute Gasteiger partial charge is 0.270 e. The van der Waals surface area contributed by atoms with Crippen molar-refractivity contribution in [2.75, 3.05) is 31.2 Å². The van der Waals surface area contributed by atoms with Crippen LogP contribution in [0.3, 0.4) is 0 Å². The molecule has 1 aliphatic heterocycles. The molecule has 1 amide bonds. The first-order chi connectivity index (χ1) is 9.52. The Labute approximate surface area is 121 Å². The molecule has 0 radical (unpaired) electrons. The molecule has 108 valence electrons. The second-order valence-electron chi connectivity index (χ2n) is 4.67. The lowest BCUT2D eigenvalue weighted by Gasteiger charge is -2.31. The summed E-state index contributed by atoms with van der Waals surface area (Å²) in [5.41, 5.74) is 0.916. The van der Waals surface area contributed by atoms with Crippen LogP contribution >= 0.6 is 11.8 Å². The van der Waals surface area contributed by atoms with Crippen LogP contribution in [0.2, 0.25) is 0 Å². The van der Waals surface area contributed by atoms with Gasteiger partial charge in [-0.25, -0.2) is 0 Å². The van der Waals surface area contributed by atoms with E-state index in [1.807, 2.05) is 11.8 Å². The molecule has 1 atom stereocenters. The number of thioether (sulfide) groups is 1. The van der Waals surface area contributed by atoms with Gasteiger partial charge in [0.2, 0.25) is 0 Å². The third-order valence-electron chi connectivity index (χ3n) is 3.24. The van der Waals surface area contributed by atoms with Gasteiger partial charge in [0.25, 0.3) is 11.6 Å². The first-order valence-corrected chi connectivity index (χ1v) is 7.45. The van der Waals surface area contributed by atoms with Gasteiger partial charge in [-0.15, -0.1) is 0 Å². The highest BCUT2D eigenvalue weighted by atomic mass is 32.2. The van der Waals surface area contributed by atoms with Gasteiger partial charge in [-0.05, 0) is 6.07 Å². The number of benzene rings is 1. The Morgan fingerprint density at radius 1 is 1.55 bits per heavy atom. The molecule has 7 heteroatoms. The van der Waals surface area contributed by atoms with Crippen molar-refractivity contribution < 1.29 is 9.72 Å². The summed E-state index contributed by atoms with van der Waals surface area (Å²) in [4.78, 5) is 24.7. The van der Waals surface area contributed by atoms with Crippen LogP contribution in [0.15, 0.2) is 18.2 Å². The summed E-state index contributed by atoms with van der Waals surface area (Å²) in [6, 6.07) is 4.32. The molecular formula is C13H17N3O3S. The average molecular weight is 295 g/mol. The molecular weight excluding hydrogens is 278 g/mol. The van der Waals surface area contributed by atoms with Crippen molar-refractivity contribution in [2.45, 2.75) is 12.2 Å². The predicted molar refractivity (Wildman–Crippen MR) is 80.5 cm³/mol. The number of carbonyl (C=O) groups excluding carboxylic acids is 1. The van der Waals surface area contributed by atoms with Crippen LogP contribution in [0.4, 0.5) is 11.4 Å². The fourth-order valence-corrected chi connectivity index (χ4v) is 3.23. The highest BCUT2D eigenvalue weighted by molar-refractivity contribution is 7.99. The maximum Gasteiger partial charge on any atom is 0.270 e. The van der Waals surface area contributed by atoms with Gasteiger partial charge < -0.3 is 10.2 Å². The molecule has 2 rings (SSSR count). The number of nitrogens with one attached hydrogen (secondary N) is 1. The van der Waals surface area contributed by atoms with Crippen LogP contribution in [-0.2, 0) is 0 Å². The van der Waals surface area contributed by atoms with Crippen molar-refractivity contribution >= 4 is 29.0 Å². The predicted octanol–water partition coefficient (Wildman–Crippen LogP) is 2.21. The van der Waals surface area contributed by atoms with Gasteiger partial charge in [0.15, 0.2) is 0 Å². The van der Waals surface area contributed by atoms with E-state index in [2.05, 4.69) is 12.2 Å². The van der Waals surface area contributed by atoms with E-state index in [4.69, 9.17) is 0 Å². The Morgan fingerprint density at radius 3 is 2.90 bits per heavy atom. The third kappa shape index (κ3) is 3.04. The molecule has 0 aliphatic carbocycles. The summed E-state index contributed by atoms with van der Waals surface area (Å²) in [6.07, 6.45) is 0. The van der Waals surface area contributed by atoms with Crippen LogP contribution in [0.1, 0.15) is 17.3 Å². The largest absolute Gasteiger partial charge is 0.387 e. The molecule has 6 nitrogen and oxygen atoms in total. The number of nitrogens with zero attached hydrogens (tertiary/aromatic N) is 2. The fourth-order valence-electron chi connectivity index (χ4n) is 2.21. The topological polar surface area (TPSA) is 75.5 Å². The summed E-state index contributed by atoms with van der Waals surface area (Å²) in [6.45, 7) is 3.44. The zero-order chi connectivity index (χ0) is 14.7. The quantitative estimate of drug-likeness (QED) is 0.683. The van der Waals surface area contributed by atoms with Crippen LogP contribution in [0, 0.1) is 10.1 Å². The molecule has 1 aromatic rings. The van der Waals surface area contributed by atoms with E-state index in [1.165, 1.54) is 12.1 Å². The maximum atomic E-state index is 12.6. The Kier molecular flexibility index (Phi) is 4.49. The van der Waals surface area contributed by atoms with Crippen LogP contribution in [-0.4, -0.2) is 46.9 Å². The van der Waals surface area contributed by atoms with E-state index in [-0.39, 0.29) is 11.6 Å². The molecule has 1 saturated heterocycles. The fraction of sp³-hybridized carbons (Fsp3) is 0.462. The van der Waals surface area contributed by atoms with Crippen molar-refractivity contribution in [3.05, 3.63) is 33.9 Å². The molecule has 1 aliphatic rings. The minimum absolute atomic E-state index is 0.0632. The molecule has 1 aromatic carbocycles. The second-order valence-corrected chi connectivity index (χ2v) is 6.22. The number of nitro benzene ring substituents is 1. The Balaban J connectivity index is 2.31. The lowest BCUT2D eigenvalue weighted by molar-refractivity contribution is -0.384. The number of hydrogen-bond acceptors (Lipinski definition) is 5. The lowest BCUT2D eigenvalue weighted by atomic mass is 10.1. The van der Waals surface area contributed by atoms with E-state index < -0.39 is 4.92 Å². The number of anilines is 1.